The zero-order valence-electron chi connectivity index (χ0n) is 17.1. The van der Waals surface area contributed by atoms with Crippen LogP contribution in [0.1, 0.15) is 26.0 Å². The third kappa shape index (κ3) is 3.30. The number of benzene rings is 1. The van der Waals surface area contributed by atoms with Crippen LogP contribution >= 0.6 is 0 Å². The van der Waals surface area contributed by atoms with Gasteiger partial charge in [0, 0.05) is 32.1 Å². The fourth-order valence-electron chi connectivity index (χ4n) is 3.55. The van der Waals surface area contributed by atoms with Crippen molar-refractivity contribution in [3.8, 4) is 28.5 Å². The summed E-state index contributed by atoms with van der Waals surface area (Å²) >= 11 is 0. The van der Waals surface area contributed by atoms with Crippen LogP contribution in [0, 0.1) is 0 Å². The Kier molecular flexibility index (Phi) is 4.92. The number of hydrogen-bond donors (Lipinski definition) is 1. The monoisotopic (exact) mass is 392 g/mol. The fourth-order valence-corrected chi connectivity index (χ4v) is 3.55. The molecule has 0 aliphatic rings. The first kappa shape index (κ1) is 18.9. The Labute approximate surface area is 168 Å². The number of H-pyrrole nitrogens is 1. The van der Waals surface area contributed by atoms with Gasteiger partial charge in [-0.15, -0.1) is 0 Å². The summed E-state index contributed by atoms with van der Waals surface area (Å²) in [6.45, 7) is 4.53. The second-order valence-corrected chi connectivity index (χ2v) is 6.94. The van der Waals surface area contributed by atoms with E-state index in [0.29, 0.717) is 29.2 Å². The maximum Gasteiger partial charge on any atom is 0.279 e. The van der Waals surface area contributed by atoms with Crippen molar-refractivity contribution < 1.29 is 4.74 Å². The lowest BCUT2D eigenvalue weighted by molar-refractivity contribution is 0.341. The number of aromatic nitrogens is 6. The highest BCUT2D eigenvalue weighted by atomic mass is 16.5. The number of nitrogens with zero attached hydrogens (tertiary/aromatic N) is 5. The van der Waals surface area contributed by atoms with Crippen molar-refractivity contribution in [2.45, 2.75) is 26.7 Å². The van der Waals surface area contributed by atoms with Gasteiger partial charge in [0.15, 0.2) is 5.52 Å². The molecule has 0 saturated heterocycles. The van der Waals surface area contributed by atoms with Crippen LogP contribution in [0.2, 0.25) is 0 Å². The highest BCUT2D eigenvalue weighted by Gasteiger charge is 2.18. The Bertz CT molecular complexity index is 1230. The number of nitrogens with one attached hydrogen (secondary N) is 1. The number of ether oxygens (including phenoxy) is 1. The summed E-state index contributed by atoms with van der Waals surface area (Å²) < 4.78 is 9.51. The average molecular weight is 392 g/mol. The molecule has 8 nitrogen and oxygen atoms in total. The minimum Gasteiger partial charge on any atom is -0.493 e. The summed E-state index contributed by atoms with van der Waals surface area (Å²) in [5.74, 6) is 1.95. The molecule has 0 fully saturated rings. The summed E-state index contributed by atoms with van der Waals surface area (Å²) in [4.78, 5) is 24.8. The zero-order chi connectivity index (χ0) is 20.5. The second kappa shape index (κ2) is 7.54. The van der Waals surface area contributed by atoms with E-state index in [-0.39, 0.29) is 5.56 Å². The van der Waals surface area contributed by atoms with E-state index in [9.17, 15) is 4.79 Å². The van der Waals surface area contributed by atoms with Gasteiger partial charge in [0.05, 0.1) is 17.9 Å². The number of aromatic amines is 1. The van der Waals surface area contributed by atoms with Crippen molar-refractivity contribution in [3.63, 3.8) is 0 Å². The zero-order valence-corrected chi connectivity index (χ0v) is 17.1. The lowest BCUT2D eigenvalue weighted by Gasteiger charge is -2.12. The molecule has 0 aliphatic heterocycles. The number of hydrogen-bond acceptors (Lipinski definition) is 5. The molecule has 1 N–H and O–H groups in total. The van der Waals surface area contributed by atoms with Crippen molar-refractivity contribution in [2.75, 3.05) is 6.61 Å². The molecule has 3 aromatic heterocycles. The highest BCUT2D eigenvalue weighted by molar-refractivity contribution is 5.80. The lowest BCUT2D eigenvalue weighted by Crippen LogP contribution is -2.10. The topological polar surface area (TPSA) is 90.6 Å². The molecule has 0 saturated carbocycles. The maximum absolute atomic E-state index is 12.8. The Morgan fingerprint density at radius 2 is 2.00 bits per heavy atom. The summed E-state index contributed by atoms with van der Waals surface area (Å²) in [7, 11) is 3.79. The maximum atomic E-state index is 12.8. The first-order valence-corrected chi connectivity index (χ1v) is 9.74. The molecule has 1 aromatic carbocycles. The van der Waals surface area contributed by atoms with Crippen LogP contribution in [0.4, 0.5) is 0 Å². The molecule has 0 atom stereocenters. The van der Waals surface area contributed by atoms with Gasteiger partial charge in [-0.25, -0.2) is 9.97 Å². The SMILES string of the molecule is CCCc1c2nc(-c3cc(-c4nccn4C)ccc3OCC)[nH]c(=O)c2nn1C. The molecule has 8 heteroatoms. The normalized spacial score (nSPS) is 11.3. The van der Waals surface area contributed by atoms with Gasteiger partial charge >= 0.3 is 0 Å². The van der Waals surface area contributed by atoms with Crippen LogP contribution in [-0.2, 0) is 20.5 Å². The molecule has 0 radical (unpaired) electrons. The van der Waals surface area contributed by atoms with Crippen LogP contribution in [0.5, 0.6) is 5.75 Å². The Hall–Kier alpha value is -3.42. The van der Waals surface area contributed by atoms with E-state index in [1.54, 1.807) is 10.9 Å². The minimum absolute atomic E-state index is 0.257. The molecule has 0 unspecified atom stereocenters. The fraction of sp³-hybridized carbons (Fsp3) is 0.333. The summed E-state index contributed by atoms with van der Waals surface area (Å²) in [6, 6.07) is 5.80. The van der Waals surface area contributed by atoms with E-state index in [2.05, 4.69) is 22.0 Å². The van der Waals surface area contributed by atoms with Crippen molar-refractivity contribution in [3.05, 3.63) is 46.6 Å². The van der Waals surface area contributed by atoms with Crippen molar-refractivity contribution in [1.82, 2.24) is 29.3 Å². The standard InChI is InChI=1S/C21H24N6O2/c1-5-7-15-17-18(25-27(15)4)21(28)24-19(23-17)14-12-13(8-9-16(14)29-6-2)20-22-10-11-26(20)3/h8-12H,5-7H2,1-4H3,(H,23,24,28). The van der Waals surface area contributed by atoms with Crippen molar-refractivity contribution in [2.24, 2.45) is 14.1 Å². The van der Waals surface area contributed by atoms with Crippen LogP contribution in [-0.4, -0.2) is 35.9 Å². The molecule has 0 bridgehead atoms. The van der Waals surface area contributed by atoms with Crippen LogP contribution in [0.3, 0.4) is 0 Å². The molecule has 4 rings (SSSR count). The van der Waals surface area contributed by atoms with E-state index in [4.69, 9.17) is 9.72 Å². The van der Waals surface area contributed by atoms with Gasteiger partial charge in [-0.2, -0.15) is 5.10 Å². The third-order valence-corrected chi connectivity index (χ3v) is 4.91. The molecular weight excluding hydrogens is 368 g/mol. The molecule has 4 aromatic rings. The van der Waals surface area contributed by atoms with Crippen LogP contribution < -0.4 is 10.3 Å². The van der Waals surface area contributed by atoms with Crippen LogP contribution in [0.15, 0.2) is 35.4 Å². The van der Waals surface area contributed by atoms with Gasteiger partial charge in [-0.3, -0.25) is 9.48 Å². The molecule has 0 aliphatic carbocycles. The third-order valence-electron chi connectivity index (χ3n) is 4.91. The van der Waals surface area contributed by atoms with Gasteiger partial charge < -0.3 is 14.3 Å². The minimum atomic E-state index is -0.257. The molecular formula is C21H24N6O2. The van der Waals surface area contributed by atoms with E-state index in [1.165, 1.54) is 0 Å². The molecule has 0 spiro atoms. The van der Waals surface area contributed by atoms with Crippen molar-refractivity contribution in [1.29, 1.82) is 0 Å². The van der Waals surface area contributed by atoms with Gasteiger partial charge in [-0.1, -0.05) is 13.3 Å². The van der Waals surface area contributed by atoms with Crippen LogP contribution in [0.25, 0.3) is 33.8 Å². The first-order valence-electron chi connectivity index (χ1n) is 9.74. The lowest BCUT2D eigenvalue weighted by atomic mass is 10.1. The average Bonchev–Trinajstić information content (AvgIpc) is 3.27. The second-order valence-electron chi connectivity index (χ2n) is 6.94. The predicted octanol–water partition coefficient (Wildman–Crippen LogP) is 3.08. The Morgan fingerprint density at radius 3 is 2.69 bits per heavy atom. The van der Waals surface area contributed by atoms with Gasteiger partial charge in [0.2, 0.25) is 0 Å². The smallest absolute Gasteiger partial charge is 0.279 e. The largest absolute Gasteiger partial charge is 0.493 e. The summed E-state index contributed by atoms with van der Waals surface area (Å²) in [5.41, 5.74) is 3.33. The quantitative estimate of drug-likeness (QED) is 0.545. The highest BCUT2D eigenvalue weighted by Crippen LogP contribution is 2.32. The number of rotatable bonds is 6. The number of imidazole rings is 1. The van der Waals surface area contributed by atoms with E-state index in [1.807, 2.05) is 50.0 Å². The molecule has 0 amide bonds. The first-order chi connectivity index (χ1) is 14.0. The van der Waals surface area contributed by atoms with E-state index >= 15 is 0 Å². The molecule has 29 heavy (non-hydrogen) atoms. The van der Waals surface area contributed by atoms with Gasteiger partial charge in [0.1, 0.15) is 22.9 Å². The Morgan fingerprint density at radius 1 is 1.17 bits per heavy atom. The molecule has 3 heterocycles. The predicted molar refractivity (Wildman–Crippen MR) is 112 cm³/mol. The number of fused-ring (bicyclic) bond motifs is 1. The van der Waals surface area contributed by atoms with E-state index in [0.717, 1.165) is 35.5 Å². The summed E-state index contributed by atoms with van der Waals surface area (Å²) in [6.07, 6.45) is 5.39. The van der Waals surface area contributed by atoms with Crippen molar-refractivity contribution >= 4 is 11.0 Å². The molecule has 150 valence electrons. The Balaban J connectivity index is 1.95. The number of aryl methyl sites for hydroxylation is 3. The summed E-state index contributed by atoms with van der Waals surface area (Å²) in [5, 5.41) is 4.36. The van der Waals surface area contributed by atoms with Gasteiger partial charge in [-0.05, 0) is 31.5 Å². The van der Waals surface area contributed by atoms with Gasteiger partial charge in [0.25, 0.3) is 5.56 Å². The van der Waals surface area contributed by atoms with E-state index < -0.39 is 0 Å².